The molecule has 0 heterocycles. The second-order valence-electron chi connectivity index (χ2n) is 3.95. The highest BCUT2D eigenvalue weighted by atomic mass is 32.2. The molecule has 1 rings (SSSR count). The quantitative estimate of drug-likeness (QED) is 0.863. The zero-order chi connectivity index (χ0) is 13.8. The van der Waals surface area contributed by atoms with E-state index in [0.29, 0.717) is 18.7 Å². The average molecular weight is 274 g/mol. The van der Waals surface area contributed by atoms with Crippen LogP contribution in [0.4, 0.5) is 4.39 Å². The lowest BCUT2D eigenvalue weighted by molar-refractivity contribution is 0.427. The Kier molecular flexibility index (Phi) is 5.25. The van der Waals surface area contributed by atoms with E-state index in [1.165, 1.54) is 10.4 Å². The zero-order valence-corrected chi connectivity index (χ0v) is 11.7. The topological polar surface area (TPSA) is 49.4 Å². The van der Waals surface area contributed by atoms with Crippen molar-refractivity contribution in [1.82, 2.24) is 9.03 Å². The maximum Gasteiger partial charge on any atom is 0.279 e. The van der Waals surface area contributed by atoms with Gasteiger partial charge >= 0.3 is 0 Å². The summed E-state index contributed by atoms with van der Waals surface area (Å²) >= 11 is 0. The number of benzene rings is 1. The zero-order valence-electron chi connectivity index (χ0n) is 10.9. The average Bonchev–Trinajstić information content (AvgIpc) is 2.29. The van der Waals surface area contributed by atoms with Crippen LogP contribution < -0.4 is 4.72 Å². The number of nitrogens with zero attached hydrogens (tertiary/aromatic N) is 1. The van der Waals surface area contributed by atoms with Crippen molar-refractivity contribution >= 4 is 10.2 Å². The number of hydrogen-bond acceptors (Lipinski definition) is 2. The molecule has 0 fully saturated rings. The molecule has 1 unspecified atom stereocenters. The van der Waals surface area contributed by atoms with Gasteiger partial charge < -0.3 is 0 Å². The van der Waals surface area contributed by atoms with Gasteiger partial charge in [0.1, 0.15) is 5.82 Å². The highest BCUT2D eigenvalue weighted by Gasteiger charge is 2.22. The highest BCUT2D eigenvalue weighted by molar-refractivity contribution is 7.87. The number of hydrogen-bond donors (Lipinski definition) is 1. The number of rotatable bonds is 6. The summed E-state index contributed by atoms with van der Waals surface area (Å²) in [5, 5.41) is 0. The molecule has 1 aromatic carbocycles. The Labute approximate surface area is 108 Å². The predicted molar refractivity (Wildman–Crippen MR) is 69.8 cm³/mol. The van der Waals surface area contributed by atoms with Crippen molar-refractivity contribution in [1.29, 1.82) is 0 Å². The Balaban J connectivity index is 2.88. The molecule has 0 saturated carbocycles. The monoisotopic (exact) mass is 274 g/mol. The fraction of sp³-hybridized carbons (Fsp3) is 0.500. The minimum absolute atomic E-state index is 0.341. The lowest BCUT2D eigenvalue weighted by Gasteiger charge is -2.22. The summed E-state index contributed by atoms with van der Waals surface area (Å²) in [6.45, 7) is 5.91. The summed E-state index contributed by atoms with van der Waals surface area (Å²) in [4.78, 5) is 0. The molecule has 0 aliphatic carbocycles. The standard InChI is InChI=1S/C12H19FN2O2S/c1-4-15(5-2)18(16,17)14-10(3)11-8-6-7-9-12(11)13/h6-10,14H,4-5H2,1-3H3. The van der Waals surface area contributed by atoms with Crippen LogP contribution in [0, 0.1) is 5.82 Å². The predicted octanol–water partition coefficient (Wildman–Crippen LogP) is 2.06. The van der Waals surface area contributed by atoms with E-state index in [0.717, 1.165) is 0 Å². The molecule has 4 nitrogen and oxygen atoms in total. The Bertz CT molecular complexity index is 487. The third-order valence-electron chi connectivity index (χ3n) is 2.74. The molecule has 0 aliphatic heterocycles. The Morgan fingerprint density at radius 1 is 1.28 bits per heavy atom. The summed E-state index contributed by atoms with van der Waals surface area (Å²) in [5.41, 5.74) is 0.341. The highest BCUT2D eigenvalue weighted by Crippen LogP contribution is 2.17. The first-order valence-electron chi connectivity index (χ1n) is 5.94. The van der Waals surface area contributed by atoms with Gasteiger partial charge in [0.2, 0.25) is 0 Å². The van der Waals surface area contributed by atoms with Gasteiger partial charge in [0.25, 0.3) is 10.2 Å². The van der Waals surface area contributed by atoms with E-state index in [1.807, 2.05) is 0 Å². The van der Waals surface area contributed by atoms with E-state index < -0.39 is 22.1 Å². The van der Waals surface area contributed by atoms with Crippen LogP contribution in [-0.2, 0) is 10.2 Å². The van der Waals surface area contributed by atoms with E-state index in [-0.39, 0.29) is 0 Å². The van der Waals surface area contributed by atoms with Crippen LogP contribution in [0.25, 0.3) is 0 Å². The first-order valence-corrected chi connectivity index (χ1v) is 7.38. The summed E-state index contributed by atoms with van der Waals surface area (Å²) in [7, 11) is -3.57. The molecule has 18 heavy (non-hydrogen) atoms. The Morgan fingerprint density at radius 2 is 1.83 bits per heavy atom. The van der Waals surface area contributed by atoms with E-state index in [4.69, 9.17) is 0 Å². The molecule has 0 spiro atoms. The number of nitrogens with one attached hydrogen (secondary N) is 1. The van der Waals surface area contributed by atoms with Gasteiger partial charge in [0.15, 0.2) is 0 Å². The molecular weight excluding hydrogens is 255 g/mol. The third kappa shape index (κ3) is 3.51. The second kappa shape index (κ2) is 6.26. The Hall–Kier alpha value is -0.980. The van der Waals surface area contributed by atoms with Crippen LogP contribution in [0.5, 0.6) is 0 Å². The SMILES string of the molecule is CCN(CC)S(=O)(=O)NC(C)c1ccccc1F. The molecular formula is C12H19FN2O2S. The fourth-order valence-corrected chi connectivity index (χ4v) is 3.15. The molecule has 6 heteroatoms. The summed E-state index contributed by atoms with van der Waals surface area (Å²) in [5.74, 6) is -0.410. The van der Waals surface area contributed by atoms with Crippen LogP contribution in [0.1, 0.15) is 32.4 Å². The summed E-state index contributed by atoms with van der Waals surface area (Å²) in [6.07, 6.45) is 0. The van der Waals surface area contributed by atoms with E-state index in [1.54, 1.807) is 39.0 Å². The molecule has 102 valence electrons. The van der Waals surface area contributed by atoms with Gasteiger partial charge in [-0.3, -0.25) is 0 Å². The molecule has 0 aromatic heterocycles. The first kappa shape index (κ1) is 15.1. The van der Waals surface area contributed by atoms with Crippen LogP contribution in [0.2, 0.25) is 0 Å². The van der Waals surface area contributed by atoms with Gasteiger partial charge in [-0.15, -0.1) is 0 Å². The number of halogens is 1. The van der Waals surface area contributed by atoms with Crippen LogP contribution in [0.15, 0.2) is 24.3 Å². The molecule has 0 amide bonds. The van der Waals surface area contributed by atoms with E-state index >= 15 is 0 Å². The van der Waals surface area contributed by atoms with E-state index in [9.17, 15) is 12.8 Å². The van der Waals surface area contributed by atoms with Crippen molar-refractivity contribution in [2.75, 3.05) is 13.1 Å². The maximum atomic E-state index is 13.5. The van der Waals surface area contributed by atoms with Crippen molar-refractivity contribution in [2.24, 2.45) is 0 Å². The van der Waals surface area contributed by atoms with Gasteiger partial charge in [-0.25, -0.2) is 4.39 Å². The minimum Gasteiger partial charge on any atom is -0.207 e. The molecule has 1 N–H and O–H groups in total. The molecule has 0 bridgehead atoms. The van der Waals surface area contributed by atoms with Gasteiger partial charge in [0, 0.05) is 24.7 Å². The van der Waals surface area contributed by atoms with Crippen molar-refractivity contribution in [2.45, 2.75) is 26.8 Å². The second-order valence-corrected chi connectivity index (χ2v) is 5.65. The van der Waals surface area contributed by atoms with Crippen molar-refractivity contribution in [3.05, 3.63) is 35.6 Å². The molecule has 1 atom stereocenters. The molecule has 0 radical (unpaired) electrons. The van der Waals surface area contributed by atoms with Crippen molar-refractivity contribution in [3.63, 3.8) is 0 Å². The van der Waals surface area contributed by atoms with Crippen LogP contribution in [0.3, 0.4) is 0 Å². The lowest BCUT2D eigenvalue weighted by Crippen LogP contribution is -2.41. The van der Waals surface area contributed by atoms with Crippen LogP contribution >= 0.6 is 0 Å². The van der Waals surface area contributed by atoms with Gasteiger partial charge in [-0.05, 0) is 13.0 Å². The normalized spacial score (nSPS) is 13.8. The van der Waals surface area contributed by atoms with Gasteiger partial charge in [-0.1, -0.05) is 32.0 Å². The summed E-state index contributed by atoms with van der Waals surface area (Å²) in [6, 6.07) is 5.55. The van der Waals surface area contributed by atoms with Gasteiger partial charge in [-0.2, -0.15) is 17.4 Å². The third-order valence-corrected chi connectivity index (χ3v) is 4.59. The molecule has 1 aromatic rings. The smallest absolute Gasteiger partial charge is 0.207 e. The lowest BCUT2D eigenvalue weighted by atomic mass is 10.1. The minimum atomic E-state index is -3.57. The van der Waals surface area contributed by atoms with E-state index in [2.05, 4.69) is 4.72 Å². The van der Waals surface area contributed by atoms with Gasteiger partial charge in [0.05, 0.1) is 0 Å². The maximum absolute atomic E-state index is 13.5. The Morgan fingerprint density at radius 3 is 2.33 bits per heavy atom. The molecule has 0 saturated heterocycles. The fourth-order valence-electron chi connectivity index (χ4n) is 1.75. The van der Waals surface area contributed by atoms with Crippen molar-refractivity contribution < 1.29 is 12.8 Å². The molecule has 0 aliphatic rings. The van der Waals surface area contributed by atoms with Crippen LogP contribution in [-0.4, -0.2) is 25.8 Å². The first-order chi connectivity index (χ1) is 8.42. The largest absolute Gasteiger partial charge is 0.279 e. The van der Waals surface area contributed by atoms with Crippen molar-refractivity contribution in [3.8, 4) is 0 Å². The summed E-state index contributed by atoms with van der Waals surface area (Å²) < 4.78 is 41.3.